The number of nitrogens with zero attached hydrogens (tertiary/aromatic N) is 2. The van der Waals surface area contributed by atoms with Gasteiger partial charge in [-0.25, -0.2) is 0 Å². The quantitative estimate of drug-likeness (QED) is 0.854. The topological polar surface area (TPSA) is 60.2 Å². The number of hydrogen-bond acceptors (Lipinski definition) is 5. The average molecular weight is 231 g/mol. The molecule has 1 aliphatic rings. The maximum Gasteiger partial charge on any atom is 0.399 e. The van der Waals surface area contributed by atoms with Crippen molar-refractivity contribution >= 4 is 0 Å². The standard InChI is InChI=1S/C12H13N3O2/c1-2-11(7-13-5-1)17-12-15-10(8-16-12)6-14-9-3-4-9/h1-2,5,7-9,14H,3-4,6H2. The van der Waals surface area contributed by atoms with Crippen molar-refractivity contribution < 1.29 is 9.15 Å². The summed E-state index contributed by atoms with van der Waals surface area (Å²) in [6.45, 7) is 0.727. The SMILES string of the molecule is c1cncc(Oc2nc(CNC3CC3)co2)c1. The van der Waals surface area contributed by atoms with E-state index in [1.165, 1.54) is 12.8 Å². The van der Waals surface area contributed by atoms with Crippen LogP contribution in [0.4, 0.5) is 0 Å². The van der Waals surface area contributed by atoms with E-state index >= 15 is 0 Å². The summed E-state index contributed by atoms with van der Waals surface area (Å²) in [5.41, 5.74) is 0.857. The van der Waals surface area contributed by atoms with Gasteiger partial charge in [0.15, 0.2) is 5.75 Å². The van der Waals surface area contributed by atoms with E-state index in [1.54, 1.807) is 30.8 Å². The molecule has 1 saturated carbocycles. The van der Waals surface area contributed by atoms with Gasteiger partial charge in [0.05, 0.1) is 11.9 Å². The predicted molar refractivity (Wildman–Crippen MR) is 60.7 cm³/mol. The van der Waals surface area contributed by atoms with Crippen molar-refractivity contribution in [2.45, 2.75) is 25.4 Å². The third kappa shape index (κ3) is 2.82. The van der Waals surface area contributed by atoms with Gasteiger partial charge in [-0.2, -0.15) is 4.98 Å². The van der Waals surface area contributed by atoms with E-state index < -0.39 is 0 Å². The van der Waals surface area contributed by atoms with E-state index in [9.17, 15) is 0 Å². The molecule has 88 valence electrons. The molecule has 0 unspecified atom stereocenters. The average Bonchev–Trinajstić information content (AvgIpc) is 3.09. The van der Waals surface area contributed by atoms with Crippen LogP contribution in [0.1, 0.15) is 18.5 Å². The van der Waals surface area contributed by atoms with E-state index in [2.05, 4.69) is 15.3 Å². The Morgan fingerprint density at radius 2 is 2.41 bits per heavy atom. The number of nitrogens with one attached hydrogen (secondary N) is 1. The monoisotopic (exact) mass is 231 g/mol. The Balaban J connectivity index is 1.59. The minimum Gasteiger partial charge on any atom is -0.417 e. The van der Waals surface area contributed by atoms with Crippen LogP contribution in [-0.2, 0) is 6.54 Å². The summed E-state index contributed by atoms with van der Waals surface area (Å²) in [6.07, 6.45) is 7.69. The molecule has 0 spiro atoms. The van der Waals surface area contributed by atoms with E-state index in [0.29, 0.717) is 11.8 Å². The summed E-state index contributed by atoms with van der Waals surface area (Å²) in [7, 11) is 0. The van der Waals surface area contributed by atoms with Gasteiger partial charge >= 0.3 is 6.08 Å². The lowest BCUT2D eigenvalue weighted by atomic mass is 10.4. The Kier molecular flexibility index (Phi) is 2.75. The van der Waals surface area contributed by atoms with Gasteiger partial charge < -0.3 is 14.5 Å². The summed E-state index contributed by atoms with van der Waals surface area (Å²) in [6, 6.07) is 4.27. The normalized spacial score (nSPS) is 14.8. The fraction of sp³-hybridized carbons (Fsp3) is 0.333. The molecule has 2 aromatic heterocycles. The van der Waals surface area contributed by atoms with E-state index in [1.807, 2.05) is 0 Å². The number of pyridine rings is 1. The summed E-state index contributed by atoms with van der Waals surface area (Å²) >= 11 is 0. The zero-order chi connectivity index (χ0) is 11.5. The van der Waals surface area contributed by atoms with Crippen LogP contribution in [-0.4, -0.2) is 16.0 Å². The molecule has 17 heavy (non-hydrogen) atoms. The fourth-order valence-electron chi connectivity index (χ4n) is 1.46. The molecule has 2 heterocycles. The van der Waals surface area contributed by atoms with Gasteiger partial charge in [-0.05, 0) is 25.0 Å². The molecule has 0 radical (unpaired) electrons. The lowest BCUT2D eigenvalue weighted by molar-refractivity contribution is 0.330. The zero-order valence-corrected chi connectivity index (χ0v) is 9.30. The number of hydrogen-bond donors (Lipinski definition) is 1. The van der Waals surface area contributed by atoms with Crippen LogP contribution in [0.3, 0.4) is 0 Å². The zero-order valence-electron chi connectivity index (χ0n) is 9.30. The molecular formula is C12H13N3O2. The van der Waals surface area contributed by atoms with Gasteiger partial charge in [-0.15, -0.1) is 0 Å². The highest BCUT2D eigenvalue weighted by Crippen LogP contribution is 2.21. The number of rotatable bonds is 5. The van der Waals surface area contributed by atoms with Crippen molar-refractivity contribution in [3.05, 3.63) is 36.5 Å². The number of aromatic nitrogens is 2. The maximum atomic E-state index is 5.41. The first-order valence-corrected chi connectivity index (χ1v) is 5.66. The van der Waals surface area contributed by atoms with Crippen molar-refractivity contribution in [2.24, 2.45) is 0 Å². The van der Waals surface area contributed by atoms with Crippen molar-refractivity contribution in [1.82, 2.24) is 15.3 Å². The second kappa shape index (κ2) is 4.55. The van der Waals surface area contributed by atoms with Crippen LogP contribution >= 0.6 is 0 Å². The summed E-state index contributed by atoms with van der Waals surface area (Å²) in [5.74, 6) is 0.621. The highest BCUT2D eigenvalue weighted by molar-refractivity contribution is 5.19. The molecule has 1 aliphatic carbocycles. The fourth-order valence-corrected chi connectivity index (χ4v) is 1.46. The number of oxazole rings is 1. The molecule has 0 aliphatic heterocycles. The van der Waals surface area contributed by atoms with Crippen LogP contribution in [0.2, 0.25) is 0 Å². The van der Waals surface area contributed by atoms with Crippen molar-refractivity contribution in [3.8, 4) is 11.8 Å². The lowest BCUT2D eigenvalue weighted by Crippen LogP contribution is -2.15. The molecule has 0 amide bonds. The molecule has 0 atom stereocenters. The highest BCUT2D eigenvalue weighted by Gasteiger charge is 2.20. The Bertz CT molecular complexity index is 480. The van der Waals surface area contributed by atoms with E-state index in [0.717, 1.165) is 12.2 Å². The largest absolute Gasteiger partial charge is 0.417 e. The van der Waals surface area contributed by atoms with Crippen molar-refractivity contribution in [3.63, 3.8) is 0 Å². The van der Waals surface area contributed by atoms with Gasteiger partial charge in [-0.1, -0.05) is 0 Å². The van der Waals surface area contributed by atoms with Crippen LogP contribution < -0.4 is 10.1 Å². The maximum absolute atomic E-state index is 5.41. The molecule has 5 heteroatoms. The molecule has 3 rings (SSSR count). The van der Waals surface area contributed by atoms with Crippen LogP contribution in [0, 0.1) is 0 Å². The van der Waals surface area contributed by atoms with E-state index in [-0.39, 0.29) is 6.08 Å². The summed E-state index contributed by atoms with van der Waals surface area (Å²) < 4.78 is 10.6. The number of ether oxygens (including phenoxy) is 1. The first-order chi connectivity index (χ1) is 8.40. The third-order valence-electron chi connectivity index (χ3n) is 2.52. The van der Waals surface area contributed by atoms with Crippen molar-refractivity contribution in [2.75, 3.05) is 0 Å². The molecule has 0 bridgehead atoms. The minimum absolute atomic E-state index is 0.255. The van der Waals surface area contributed by atoms with Gasteiger partial charge in [0.1, 0.15) is 6.26 Å². The van der Waals surface area contributed by atoms with Gasteiger partial charge in [0, 0.05) is 18.8 Å². The predicted octanol–water partition coefficient (Wildman–Crippen LogP) is 2.11. The van der Waals surface area contributed by atoms with Crippen LogP contribution in [0.5, 0.6) is 11.8 Å². The molecule has 1 fully saturated rings. The Morgan fingerprint density at radius 1 is 1.47 bits per heavy atom. The lowest BCUT2D eigenvalue weighted by Gasteiger charge is -1.98. The first kappa shape index (κ1) is 10.3. The summed E-state index contributed by atoms with van der Waals surface area (Å²) in [4.78, 5) is 8.17. The third-order valence-corrected chi connectivity index (χ3v) is 2.52. The van der Waals surface area contributed by atoms with Gasteiger partial charge in [0.25, 0.3) is 0 Å². The molecular weight excluding hydrogens is 218 g/mol. The molecule has 1 N–H and O–H groups in total. The van der Waals surface area contributed by atoms with Crippen molar-refractivity contribution in [1.29, 1.82) is 0 Å². The van der Waals surface area contributed by atoms with E-state index in [4.69, 9.17) is 9.15 Å². The molecule has 2 aromatic rings. The second-order valence-electron chi connectivity index (χ2n) is 4.05. The molecule has 5 nitrogen and oxygen atoms in total. The van der Waals surface area contributed by atoms with Gasteiger partial charge in [0.2, 0.25) is 0 Å². The Labute approximate surface area is 98.8 Å². The highest BCUT2D eigenvalue weighted by atomic mass is 16.6. The van der Waals surface area contributed by atoms with Crippen LogP contribution in [0.25, 0.3) is 0 Å². The first-order valence-electron chi connectivity index (χ1n) is 5.66. The second-order valence-corrected chi connectivity index (χ2v) is 4.05. The van der Waals surface area contributed by atoms with Crippen LogP contribution in [0.15, 0.2) is 35.2 Å². The molecule has 0 saturated heterocycles. The smallest absolute Gasteiger partial charge is 0.399 e. The Morgan fingerprint density at radius 3 is 3.18 bits per heavy atom. The minimum atomic E-state index is 0.255. The molecule has 0 aromatic carbocycles. The summed E-state index contributed by atoms with van der Waals surface area (Å²) in [5, 5.41) is 3.36. The van der Waals surface area contributed by atoms with Gasteiger partial charge in [-0.3, -0.25) is 4.98 Å². The Hall–Kier alpha value is -1.88.